The smallest absolute Gasteiger partial charge is 0.343 e. The second-order valence-electron chi connectivity index (χ2n) is 15.5. The van der Waals surface area contributed by atoms with Gasteiger partial charge in [-0.05, 0) is 118 Å². The standard InChI is InChI=1S/C26H22N6O3.C23H18N6O.C3H5BrO2/c1-34-24(33)17-35-22-5-3-19-15-32(16-20(19)14-22)26-29-13-9-23(31-26)25-28-12-8-21(30-25)4-2-18-6-10-27-11-7-18;30-20-4-2-17-14-29(15-18(17)13-20)23-26-12-8-21(28-23)22-25-11-7-19(27-22)3-1-16-5-9-24-10-6-16;1-6-3(5)2-4/h2-14H,15-17H2,1H3;1-13,30H,14-15H2;2H2,1H3/b4-2+;3-1+;. The molecule has 2 aromatic carbocycles. The van der Waals surface area contributed by atoms with Gasteiger partial charge >= 0.3 is 11.9 Å². The average Bonchev–Trinajstić information content (AvgIpc) is 4.07. The van der Waals surface area contributed by atoms with E-state index in [9.17, 15) is 14.7 Å². The van der Waals surface area contributed by atoms with Crippen molar-refractivity contribution in [2.45, 2.75) is 26.2 Å². The van der Waals surface area contributed by atoms with Crippen molar-refractivity contribution in [3.05, 3.63) is 179 Å². The van der Waals surface area contributed by atoms with E-state index < -0.39 is 5.97 Å². The van der Waals surface area contributed by atoms with Crippen LogP contribution in [0.5, 0.6) is 11.5 Å². The Bertz CT molecular complexity index is 3160. The molecule has 19 heteroatoms. The van der Waals surface area contributed by atoms with Crippen molar-refractivity contribution in [3.63, 3.8) is 0 Å². The number of carbonyl (C=O) groups excluding carboxylic acids is 2. The van der Waals surface area contributed by atoms with Crippen molar-refractivity contribution in [3.8, 4) is 34.5 Å². The number of aromatic nitrogens is 10. The molecular weight excluding hydrogens is 969 g/mol. The van der Waals surface area contributed by atoms with Crippen molar-refractivity contribution in [1.82, 2.24) is 49.8 Å². The van der Waals surface area contributed by atoms with E-state index in [0.717, 1.165) is 39.2 Å². The summed E-state index contributed by atoms with van der Waals surface area (Å²) in [5.74, 6) is 2.52. The number of nitrogens with zero attached hydrogens (tertiary/aromatic N) is 12. The number of alkyl halides is 1. The molecule has 0 fully saturated rings. The number of phenols is 1. The molecule has 10 rings (SSSR count). The van der Waals surface area contributed by atoms with Crippen LogP contribution in [-0.4, -0.2) is 93.0 Å². The first kappa shape index (κ1) is 48.6. The van der Waals surface area contributed by atoms with Crippen LogP contribution in [0.15, 0.2) is 135 Å². The molecule has 0 atom stereocenters. The van der Waals surface area contributed by atoms with Crippen LogP contribution in [0.4, 0.5) is 11.9 Å². The number of aromatic hydroxyl groups is 1. The van der Waals surface area contributed by atoms with Crippen molar-refractivity contribution >= 4 is 64.1 Å². The Morgan fingerprint density at radius 1 is 0.549 bits per heavy atom. The monoisotopic (exact) mass is 1010 g/mol. The van der Waals surface area contributed by atoms with E-state index in [1.807, 2.05) is 91.0 Å². The molecule has 8 heterocycles. The molecule has 2 aliphatic rings. The predicted molar refractivity (Wildman–Crippen MR) is 270 cm³/mol. The van der Waals surface area contributed by atoms with E-state index in [1.54, 1.807) is 67.8 Å². The molecule has 71 heavy (non-hydrogen) atoms. The molecule has 0 aliphatic carbocycles. The molecule has 0 radical (unpaired) electrons. The van der Waals surface area contributed by atoms with Gasteiger partial charge in [-0.1, -0.05) is 40.2 Å². The number of hydrogen-bond acceptors (Lipinski definition) is 18. The Balaban J connectivity index is 0.000000172. The van der Waals surface area contributed by atoms with Gasteiger partial charge in [0.1, 0.15) is 28.2 Å². The largest absolute Gasteiger partial charge is 0.508 e. The maximum Gasteiger partial charge on any atom is 0.343 e. The summed E-state index contributed by atoms with van der Waals surface area (Å²) >= 11 is 2.90. The summed E-state index contributed by atoms with van der Waals surface area (Å²) in [6, 6.07) is 26.3. The van der Waals surface area contributed by atoms with Gasteiger partial charge in [0.2, 0.25) is 11.9 Å². The normalized spacial score (nSPS) is 12.3. The lowest BCUT2D eigenvalue weighted by atomic mass is 10.1. The molecule has 0 saturated carbocycles. The number of phenolic OH excluding ortho intramolecular Hbond substituents is 1. The first-order valence-corrected chi connectivity index (χ1v) is 23.1. The maximum absolute atomic E-state index is 11.3. The van der Waals surface area contributed by atoms with E-state index >= 15 is 0 Å². The van der Waals surface area contributed by atoms with Crippen molar-refractivity contribution < 1.29 is 28.9 Å². The number of benzene rings is 2. The predicted octanol–water partition coefficient (Wildman–Crippen LogP) is 7.85. The topological polar surface area (TPSA) is 217 Å². The highest BCUT2D eigenvalue weighted by Crippen LogP contribution is 2.31. The zero-order valence-electron chi connectivity index (χ0n) is 38.5. The zero-order chi connectivity index (χ0) is 49.4. The fourth-order valence-corrected chi connectivity index (χ4v) is 7.35. The van der Waals surface area contributed by atoms with Gasteiger partial charge in [-0.25, -0.2) is 44.7 Å². The number of fused-ring (bicyclic) bond motifs is 2. The zero-order valence-corrected chi connectivity index (χ0v) is 40.1. The summed E-state index contributed by atoms with van der Waals surface area (Å²) in [5.41, 5.74) is 9.48. The third-order valence-electron chi connectivity index (χ3n) is 10.7. The van der Waals surface area contributed by atoms with Crippen LogP contribution in [-0.2, 0) is 45.2 Å². The van der Waals surface area contributed by atoms with Gasteiger partial charge < -0.3 is 29.1 Å². The quantitative estimate of drug-likeness (QED) is 0.0910. The highest BCUT2D eigenvalue weighted by atomic mass is 79.9. The van der Waals surface area contributed by atoms with Gasteiger partial charge in [0.05, 0.1) is 25.6 Å². The Morgan fingerprint density at radius 2 is 1.03 bits per heavy atom. The molecule has 0 unspecified atom stereocenters. The molecule has 0 amide bonds. The molecule has 0 spiro atoms. The fraction of sp³-hybridized carbons (Fsp3) is 0.154. The lowest BCUT2D eigenvalue weighted by Crippen LogP contribution is -2.17. The first-order chi connectivity index (χ1) is 34.7. The molecule has 6 aromatic heterocycles. The van der Waals surface area contributed by atoms with Gasteiger partial charge in [-0.15, -0.1) is 0 Å². The molecule has 2 aliphatic heterocycles. The fourth-order valence-electron chi connectivity index (χ4n) is 7.12. The third kappa shape index (κ3) is 13.4. The maximum atomic E-state index is 11.3. The van der Waals surface area contributed by atoms with Crippen molar-refractivity contribution in [1.29, 1.82) is 0 Å². The van der Waals surface area contributed by atoms with Gasteiger partial charge in [0.25, 0.3) is 0 Å². The molecular formula is C52H45BrN12O6. The first-order valence-electron chi connectivity index (χ1n) is 22.0. The van der Waals surface area contributed by atoms with E-state index in [1.165, 1.54) is 19.8 Å². The number of carbonyl (C=O) groups is 2. The number of rotatable bonds is 12. The minimum atomic E-state index is -0.420. The number of hydrogen-bond donors (Lipinski definition) is 1. The number of anilines is 2. The van der Waals surface area contributed by atoms with E-state index in [4.69, 9.17) is 9.72 Å². The van der Waals surface area contributed by atoms with Crippen molar-refractivity contribution in [2.75, 3.05) is 36.0 Å². The van der Waals surface area contributed by atoms with E-state index in [-0.39, 0.29) is 23.7 Å². The van der Waals surface area contributed by atoms with Gasteiger partial charge in [-0.2, -0.15) is 0 Å². The Kier molecular flexibility index (Phi) is 16.4. The van der Waals surface area contributed by atoms with Crippen LogP contribution >= 0.6 is 15.9 Å². The highest BCUT2D eigenvalue weighted by Gasteiger charge is 2.24. The molecule has 0 bridgehead atoms. The molecule has 356 valence electrons. The van der Waals surface area contributed by atoms with Crippen LogP contribution in [0.1, 0.15) is 44.8 Å². The second kappa shape index (κ2) is 23.9. The number of ether oxygens (including phenoxy) is 3. The van der Waals surface area contributed by atoms with Crippen LogP contribution in [0, 0.1) is 0 Å². The summed E-state index contributed by atoms with van der Waals surface area (Å²) in [6.07, 6.45) is 21.7. The number of pyridine rings is 2. The molecule has 8 aromatic rings. The van der Waals surface area contributed by atoms with Crippen molar-refractivity contribution in [2.24, 2.45) is 0 Å². The number of esters is 2. The summed E-state index contributed by atoms with van der Waals surface area (Å²) in [6.45, 7) is 2.54. The van der Waals surface area contributed by atoms with Gasteiger partial charge in [0.15, 0.2) is 18.3 Å². The number of methoxy groups -OCH3 is 2. The lowest BCUT2D eigenvalue weighted by molar-refractivity contribution is -0.143. The lowest BCUT2D eigenvalue weighted by Gasteiger charge is -2.15. The summed E-state index contributed by atoms with van der Waals surface area (Å²) in [7, 11) is 2.69. The SMILES string of the molecule is COC(=O)CBr.COC(=O)COc1ccc2c(c1)CN(c1nccc(-c3nccc(/C=C/c4ccncc4)n3)n1)C2.Oc1ccc2c(c1)CN(c1nccc(-c3nccc(/C=C/c4ccncc4)n3)n1)C2. The highest BCUT2D eigenvalue weighted by molar-refractivity contribution is 9.09. The Labute approximate surface area is 417 Å². The summed E-state index contributed by atoms with van der Waals surface area (Å²) in [4.78, 5) is 69.8. The second-order valence-corrected chi connectivity index (χ2v) is 16.1. The van der Waals surface area contributed by atoms with Crippen LogP contribution < -0.4 is 14.5 Å². The Hall–Kier alpha value is -8.84. The Morgan fingerprint density at radius 3 is 1.52 bits per heavy atom. The molecule has 0 saturated heterocycles. The molecule has 1 N–H and O–H groups in total. The third-order valence-corrected chi connectivity index (χ3v) is 11.2. The van der Waals surface area contributed by atoms with Gasteiger partial charge in [-0.3, -0.25) is 14.8 Å². The minimum Gasteiger partial charge on any atom is -0.508 e. The van der Waals surface area contributed by atoms with E-state index in [2.05, 4.69) is 80.1 Å². The van der Waals surface area contributed by atoms with Crippen LogP contribution in [0.3, 0.4) is 0 Å². The van der Waals surface area contributed by atoms with Crippen LogP contribution in [0.2, 0.25) is 0 Å². The minimum absolute atomic E-state index is 0.124. The molecule has 18 nitrogen and oxygen atoms in total. The van der Waals surface area contributed by atoms with E-state index in [0.29, 0.717) is 66.9 Å². The summed E-state index contributed by atoms with van der Waals surface area (Å²) < 4.78 is 14.3. The average molecular weight is 1010 g/mol. The van der Waals surface area contributed by atoms with Crippen LogP contribution in [0.25, 0.3) is 47.3 Å². The summed E-state index contributed by atoms with van der Waals surface area (Å²) in [5, 5.41) is 9.99. The number of halogens is 1. The van der Waals surface area contributed by atoms with Gasteiger partial charge in [0, 0.05) is 75.8 Å².